The lowest BCUT2D eigenvalue weighted by Gasteiger charge is -2.25. The number of hydrogen-bond acceptors (Lipinski definition) is 3. The summed E-state index contributed by atoms with van der Waals surface area (Å²) in [5.74, 6) is -0.233. The number of amides is 1. The van der Waals surface area contributed by atoms with Crippen LogP contribution in [0.5, 0.6) is 5.75 Å². The summed E-state index contributed by atoms with van der Waals surface area (Å²) in [5, 5.41) is 12.0. The van der Waals surface area contributed by atoms with Crippen LogP contribution in [0.4, 0.5) is 4.39 Å². The fraction of sp³-hybridized carbons (Fsp3) is 0.533. The number of carbonyl (C=O) groups is 1. The minimum absolute atomic E-state index is 0.0124. The minimum Gasteiger partial charge on any atom is -0.484 e. The second-order valence-electron chi connectivity index (χ2n) is 5.95. The van der Waals surface area contributed by atoms with Crippen molar-refractivity contribution in [3.05, 3.63) is 30.1 Å². The molecule has 1 aromatic carbocycles. The molecule has 1 unspecified atom stereocenters. The number of carbonyl (C=O) groups excluding carboxylic acids is 1. The van der Waals surface area contributed by atoms with Crippen molar-refractivity contribution in [3.8, 4) is 5.75 Å². The Hall–Kier alpha value is -1.62. The van der Waals surface area contributed by atoms with Crippen molar-refractivity contribution in [2.75, 3.05) is 13.2 Å². The van der Waals surface area contributed by atoms with Crippen LogP contribution >= 0.6 is 0 Å². The Morgan fingerprint density at radius 1 is 1.35 bits per heavy atom. The molecular weight excluding hydrogens is 261 g/mol. The molecule has 0 aromatic heterocycles. The van der Waals surface area contributed by atoms with Crippen LogP contribution < -0.4 is 10.1 Å². The third-order valence-corrected chi connectivity index (χ3v) is 2.63. The first-order valence-electron chi connectivity index (χ1n) is 6.59. The van der Waals surface area contributed by atoms with E-state index in [1.54, 1.807) is 0 Å². The van der Waals surface area contributed by atoms with E-state index in [9.17, 15) is 14.3 Å². The molecule has 0 bridgehead atoms. The number of halogens is 1. The van der Waals surface area contributed by atoms with Crippen LogP contribution in [0.1, 0.15) is 27.2 Å². The average molecular weight is 283 g/mol. The normalized spacial score (nSPS) is 12.8. The molecule has 1 amide bonds. The Balaban J connectivity index is 2.40. The maximum absolute atomic E-state index is 12.7. The Morgan fingerprint density at radius 3 is 2.45 bits per heavy atom. The van der Waals surface area contributed by atoms with E-state index in [1.807, 2.05) is 20.8 Å². The summed E-state index contributed by atoms with van der Waals surface area (Å²) < 4.78 is 17.9. The summed E-state index contributed by atoms with van der Waals surface area (Å²) in [6.07, 6.45) is 0.672. The first-order valence-corrected chi connectivity index (χ1v) is 6.59. The molecule has 4 nitrogen and oxygen atoms in total. The number of aliphatic hydroxyl groups is 1. The van der Waals surface area contributed by atoms with E-state index in [-0.39, 0.29) is 36.4 Å². The van der Waals surface area contributed by atoms with Gasteiger partial charge in [0.15, 0.2) is 6.61 Å². The van der Waals surface area contributed by atoms with Gasteiger partial charge in [0.25, 0.3) is 5.91 Å². The SMILES string of the molecule is CC(C)(C)CC(CO)NC(=O)COc1ccc(F)cc1. The summed E-state index contributed by atoms with van der Waals surface area (Å²) in [7, 11) is 0. The highest BCUT2D eigenvalue weighted by Crippen LogP contribution is 2.20. The van der Waals surface area contributed by atoms with Gasteiger partial charge in [-0.25, -0.2) is 4.39 Å². The smallest absolute Gasteiger partial charge is 0.258 e. The van der Waals surface area contributed by atoms with Gasteiger partial charge in [0.1, 0.15) is 11.6 Å². The topological polar surface area (TPSA) is 58.6 Å². The molecule has 0 radical (unpaired) electrons. The summed E-state index contributed by atoms with van der Waals surface area (Å²) in [4.78, 5) is 11.7. The molecule has 1 aromatic rings. The van der Waals surface area contributed by atoms with Crippen molar-refractivity contribution >= 4 is 5.91 Å². The molecule has 112 valence electrons. The van der Waals surface area contributed by atoms with E-state index in [4.69, 9.17) is 4.74 Å². The van der Waals surface area contributed by atoms with Crippen LogP contribution in [0.2, 0.25) is 0 Å². The predicted octanol–water partition coefficient (Wildman–Crippen LogP) is 2.12. The Kier molecular flexibility index (Phi) is 5.95. The van der Waals surface area contributed by atoms with Crippen molar-refractivity contribution < 1.29 is 19.0 Å². The third-order valence-electron chi connectivity index (χ3n) is 2.63. The van der Waals surface area contributed by atoms with Gasteiger partial charge in [0.05, 0.1) is 12.6 Å². The molecule has 2 N–H and O–H groups in total. The molecular formula is C15H22FNO3. The average Bonchev–Trinajstić information content (AvgIpc) is 2.35. The lowest BCUT2D eigenvalue weighted by Crippen LogP contribution is -2.42. The van der Waals surface area contributed by atoms with Gasteiger partial charge < -0.3 is 15.2 Å². The van der Waals surface area contributed by atoms with Crippen molar-refractivity contribution in [2.24, 2.45) is 5.41 Å². The Morgan fingerprint density at radius 2 is 1.95 bits per heavy atom. The van der Waals surface area contributed by atoms with Crippen molar-refractivity contribution in [2.45, 2.75) is 33.2 Å². The summed E-state index contributed by atoms with van der Waals surface area (Å²) >= 11 is 0. The van der Waals surface area contributed by atoms with Crippen LogP contribution in [0.3, 0.4) is 0 Å². The van der Waals surface area contributed by atoms with Gasteiger partial charge in [-0.15, -0.1) is 0 Å². The lowest BCUT2D eigenvalue weighted by atomic mass is 9.88. The first kappa shape index (κ1) is 16.4. The molecule has 20 heavy (non-hydrogen) atoms. The van der Waals surface area contributed by atoms with Crippen molar-refractivity contribution in [1.82, 2.24) is 5.32 Å². The number of ether oxygens (including phenoxy) is 1. The molecule has 0 saturated carbocycles. The fourth-order valence-electron chi connectivity index (χ4n) is 1.85. The van der Waals surface area contributed by atoms with Gasteiger partial charge in [0, 0.05) is 0 Å². The second-order valence-corrected chi connectivity index (χ2v) is 5.95. The summed E-state index contributed by atoms with van der Waals surface area (Å²) in [6.45, 7) is 5.84. The molecule has 0 aliphatic rings. The zero-order valence-electron chi connectivity index (χ0n) is 12.1. The highest BCUT2D eigenvalue weighted by molar-refractivity contribution is 5.77. The summed E-state index contributed by atoms with van der Waals surface area (Å²) in [6, 6.07) is 5.16. The number of rotatable bonds is 6. The van der Waals surface area contributed by atoms with Crippen LogP contribution in [-0.4, -0.2) is 30.3 Å². The van der Waals surface area contributed by atoms with Crippen molar-refractivity contribution in [3.63, 3.8) is 0 Å². The fourth-order valence-corrected chi connectivity index (χ4v) is 1.85. The Bertz CT molecular complexity index is 426. The van der Waals surface area contributed by atoms with Gasteiger partial charge in [-0.2, -0.15) is 0 Å². The van der Waals surface area contributed by atoms with Crippen LogP contribution in [0.25, 0.3) is 0 Å². The largest absolute Gasteiger partial charge is 0.484 e. The second kappa shape index (κ2) is 7.24. The number of nitrogens with one attached hydrogen (secondary N) is 1. The predicted molar refractivity (Wildman–Crippen MR) is 75.0 cm³/mol. The molecule has 0 aliphatic carbocycles. The van der Waals surface area contributed by atoms with E-state index >= 15 is 0 Å². The molecule has 5 heteroatoms. The Labute approximate surface area is 119 Å². The van der Waals surface area contributed by atoms with Crippen LogP contribution in [0.15, 0.2) is 24.3 Å². The standard InChI is InChI=1S/C15H22FNO3/c1-15(2,3)8-12(9-18)17-14(19)10-20-13-6-4-11(16)5-7-13/h4-7,12,18H,8-10H2,1-3H3,(H,17,19). The van der Waals surface area contributed by atoms with Gasteiger partial charge in [0.2, 0.25) is 0 Å². The third kappa shape index (κ3) is 6.52. The highest BCUT2D eigenvalue weighted by Gasteiger charge is 2.19. The van der Waals surface area contributed by atoms with Gasteiger partial charge in [-0.1, -0.05) is 20.8 Å². The lowest BCUT2D eigenvalue weighted by molar-refractivity contribution is -0.124. The number of benzene rings is 1. The molecule has 0 aliphatic heterocycles. The van der Waals surface area contributed by atoms with E-state index in [0.717, 1.165) is 0 Å². The molecule has 0 fully saturated rings. The van der Waals surface area contributed by atoms with Gasteiger partial charge in [-0.3, -0.25) is 4.79 Å². The molecule has 0 spiro atoms. The molecule has 1 rings (SSSR count). The van der Waals surface area contributed by atoms with Gasteiger partial charge in [-0.05, 0) is 36.1 Å². The number of hydrogen-bond donors (Lipinski definition) is 2. The highest BCUT2D eigenvalue weighted by atomic mass is 19.1. The van der Waals surface area contributed by atoms with E-state index < -0.39 is 0 Å². The maximum atomic E-state index is 12.7. The first-order chi connectivity index (χ1) is 9.30. The molecule has 1 atom stereocenters. The van der Waals surface area contributed by atoms with Gasteiger partial charge >= 0.3 is 0 Å². The van der Waals surface area contributed by atoms with Crippen molar-refractivity contribution in [1.29, 1.82) is 0 Å². The van der Waals surface area contributed by atoms with E-state index in [2.05, 4.69) is 5.32 Å². The van der Waals surface area contributed by atoms with Crippen LogP contribution in [-0.2, 0) is 4.79 Å². The number of aliphatic hydroxyl groups excluding tert-OH is 1. The quantitative estimate of drug-likeness (QED) is 0.840. The zero-order valence-corrected chi connectivity index (χ0v) is 12.1. The van der Waals surface area contributed by atoms with E-state index in [1.165, 1.54) is 24.3 Å². The maximum Gasteiger partial charge on any atom is 0.258 e. The molecule has 0 saturated heterocycles. The summed E-state index contributed by atoms with van der Waals surface area (Å²) in [5.41, 5.74) is 0.0124. The monoisotopic (exact) mass is 283 g/mol. The zero-order chi connectivity index (χ0) is 15.2. The van der Waals surface area contributed by atoms with E-state index in [0.29, 0.717) is 12.2 Å². The molecule has 0 heterocycles. The minimum atomic E-state index is -0.354. The van der Waals surface area contributed by atoms with Crippen LogP contribution in [0, 0.1) is 11.2 Å².